The Labute approximate surface area is 200 Å². The second-order valence-corrected chi connectivity index (χ2v) is 8.98. The van der Waals surface area contributed by atoms with Crippen molar-refractivity contribution >= 4 is 46.7 Å². The van der Waals surface area contributed by atoms with Crippen molar-refractivity contribution in [2.24, 2.45) is 0 Å². The third kappa shape index (κ3) is 7.21. The summed E-state index contributed by atoms with van der Waals surface area (Å²) < 4.78 is 0.333. The van der Waals surface area contributed by atoms with Gasteiger partial charge in [0, 0.05) is 16.8 Å². The molecule has 164 valence electrons. The van der Waals surface area contributed by atoms with E-state index in [1.54, 1.807) is 72.8 Å². The molecule has 7 heteroatoms. The van der Waals surface area contributed by atoms with Gasteiger partial charge in [-0.25, -0.2) is 0 Å². The average molecular weight is 473 g/mol. The molecule has 0 saturated carbocycles. The molecule has 3 aromatic rings. The second kappa shape index (κ2) is 12.4. The zero-order valence-corrected chi connectivity index (χ0v) is 19.2. The number of nitriles is 1. The van der Waals surface area contributed by atoms with Gasteiger partial charge < -0.3 is 5.32 Å². The highest BCUT2D eigenvalue weighted by atomic mass is 32.2. The van der Waals surface area contributed by atoms with Crippen molar-refractivity contribution in [3.8, 4) is 6.07 Å². The van der Waals surface area contributed by atoms with Crippen LogP contribution in [0.2, 0.25) is 0 Å². The van der Waals surface area contributed by atoms with Gasteiger partial charge in [0.15, 0.2) is 11.6 Å². The van der Waals surface area contributed by atoms with Gasteiger partial charge in [-0.05, 0) is 12.1 Å². The second-order valence-electron chi connectivity index (χ2n) is 6.75. The molecule has 1 amide bonds. The number of hydrogen-bond donors (Lipinski definition) is 1. The van der Waals surface area contributed by atoms with Crippen LogP contribution < -0.4 is 5.32 Å². The van der Waals surface area contributed by atoms with Gasteiger partial charge in [-0.3, -0.25) is 14.4 Å². The van der Waals surface area contributed by atoms with Crippen LogP contribution in [0.1, 0.15) is 20.7 Å². The summed E-state index contributed by atoms with van der Waals surface area (Å²) in [5.41, 5.74) is 1.50. The van der Waals surface area contributed by atoms with E-state index in [-0.39, 0.29) is 28.6 Å². The summed E-state index contributed by atoms with van der Waals surface area (Å²) in [6.45, 7) is 0. The van der Waals surface area contributed by atoms with E-state index in [2.05, 4.69) is 5.32 Å². The van der Waals surface area contributed by atoms with Crippen LogP contribution in [0.5, 0.6) is 0 Å². The lowest BCUT2D eigenvalue weighted by Gasteiger charge is -2.11. The third-order valence-electron chi connectivity index (χ3n) is 4.43. The topological polar surface area (TPSA) is 87.0 Å². The minimum absolute atomic E-state index is 0.0374. The molecule has 33 heavy (non-hydrogen) atoms. The number of nitrogens with one attached hydrogen (secondary N) is 1. The van der Waals surface area contributed by atoms with E-state index in [0.717, 1.165) is 23.5 Å². The molecular formula is C26H20N2O3S2. The van der Waals surface area contributed by atoms with Crippen LogP contribution in [-0.2, 0) is 4.79 Å². The Balaban J connectivity index is 1.80. The Morgan fingerprint density at radius 3 is 1.55 bits per heavy atom. The van der Waals surface area contributed by atoms with Gasteiger partial charge in [0.1, 0.15) is 11.6 Å². The van der Waals surface area contributed by atoms with E-state index in [0.29, 0.717) is 21.1 Å². The predicted molar refractivity (Wildman–Crippen MR) is 134 cm³/mol. The highest BCUT2D eigenvalue weighted by Gasteiger charge is 2.20. The maximum absolute atomic E-state index is 12.8. The largest absolute Gasteiger partial charge is 0.321 e. The fourth-order valence-electron chi connectivity index (χ4n) is 2.77. The highest BCUT2D eigenvalue weighted by molar-refractivity contribution is 8.22. The standard InChI is InChI=1S/C26H20N2O3S2/c27-16-22(25(31)28-21-14-8-3-9-15-21)26(32-17-23(29)19-10-4-1-5-11-19)33-18-24(30)20-12-6-2-7-13-20/h1-15H,17-18H2,(H,28,31). The Morgan fingerprint density at radius 2 is 1.12 bits per heavy atom. The maximum Gasteiger partial charge on any atom is 0.268 e. The minimum atomic E-state index is -0.585. The molecule has 0 saturated heterocycles. The SMILES string of the molecule is N#CC(C(=O)Nc1ccccc1)=C(SCC(=O)c1ccccc1)SCC(=O)c1ccccc1. The van der Waals surface area contributed by atoms with Gasteiger partial charge in [0.2, 0.25) is 0 Å². The first-order chi connectivity index (χ1) is 16.1. The van der Waals surface area contributed by atoms with Gasteiger partial charge >= 0.3 is 0 Å². The van der Waals surface area contributed by atoms with E-state index in [9.17, 15) is 19.6 Å². The number of thioether (sulfide) groups is 2. The molecule has 3 rings (SSSR count). The lowest BCUT2D eigenvalue weighted by atomic mass is 10.2. The third-order valence-corrected chi connectivity index (χ3v) is 6.89. The molecule has 0 unspecified atom stereocenters. The van der Waals surface area contributed by atoms with Crippen LogP contribution in [-0.4, -0.2) is 29.0 Å². The quantitative estimate of drug-likeness (QED) is 0.235. The maximum atomic E-state index is 12.8. The molecule has 0 aliphatic heterocycles. The van der Waals surface area contributed by atoms with Crippen molar-refractivity contribution in [1.82, 2.24) is 0 Å². The van der Waals surface area contributed by atoms with Crippen molar-refractivity contribution < 1.29 is 14.4 Å². The zero-order chi connectivity index (χ0) is 23.5. The first-order valence-corrected chi connectivity index (χ1v) is 12.0. The Hall–Kier alpha value is -3.60. The monoisotopic (exact) mass is 472 g/mol. The molecule has 0 atom stereocenters. The van der Waals surface area contributed by atoms with Crippen LogP contribution in [0.15, 0.2) is 101 Å². The molecular weight excluding hydrogens is 452 g/mol. The van der Waals surface area contributed by atoms with Crippen molar-refractivity contribution in [2.45, 2.75) is 0 Å². The normalized spacial score (nSPS) is 10.0. The molecule has 1 N–H and O–H groups in total. The summed E-state index contributed by atoms with van der Waals surface area (Å²) in [5.74, 6) is -0.772. The molecule has 5 nitrogen and oxygen atoms in total. The van der Waals surface area contributed by atoms with Crippen molar-refractivity contribution in [3.05, 3.63) is 112 Å². The Bertz CT molecular complexity index is 1130. The Morgan fingerprint density at radius 1 is 0.697 bits per heavy atom. The number of para-hydroxylation sites is 1. The van der Waals surface area contributed by atoms with Crippen LogP contribution >= 0.6 is 23.5 Å². The minimum Gasteiger partial charge on any atom is -0.321 e. The number of anilines is 1. The van der Waals surface area contributed by atoms with Crippen molar-refractivity contribution in [1.29, 1.82) is 5.26 Å². The summed E-state index contributed by atoms with van der Waals surface area (Å²) in [5, 5.41) is 12.4. The summed E-state index contributed by atoms with van der Waals surface area (Å²) in [4.78, 5) is 38.0. The number of ketones is 2. The first-order valence-electron chi connectivity index (χ1n) is 10.0. The van der Waals surface area contributed by atoms with Crippen LogP contribution in [0.3, 0.4) is 0 Å². The van der Waals surface area contributed by atoms with Gasteiger partial charge in [0.05, 0.1) is 15.7 Å². The molecule has 0 aromatic heterocycles. The van der Waals surface area contributed by atoms with E-state index >= 15 is 0 Å². The lowest BCUT2D eigenvalue weighted by Crippen LogP contribution is -2.15. The van der Waals surface area contributed by atoms with Crippen molar-refractivity contribution in [2.75, 3.05) is 16.8 Å². The summed E-state index contributed by atoms with van der Waals surface area (Å²) in [6.07, 6.45) is 0. The van der Waals surface area contributed by atoms with Crippen LogP contribution in [0, 0.1) is 11.3 Å². The van der Waals surface area contributed by atoms with Crippen molar-refractivity contribution in [3.63, 3.8) is 0 Å². The van der Waals surface area contributed by atoms with E-state index in [4.69, 9.17) is 0 Å². The van der Waals surface area contributed by atoms with E-state index in [1.807, 2.05) is 24.3 Å². The number of nitrogens with zero attached hydrogens (tertiary/aromatic N) is 1. The molecule has 0 heterocycles. The van der Waals surface area contributed by atoms with Crippen LogP contribution in [0.25, 0.3) is 0 Å². The summed E-state index contributed by atoms with van der Waals surface area (Å²) in [7, 11) is 0. The molecule has 3 aromatic carbocycles. The zero-order valence-electron chi connectivity index (χ0n) is 17.6. The van der Waals surface area contributed by atoms with Crippen LogP contribution in [0.4, 0.5) is 5.69 Å². The number of Topliss-reactive ketones (excluding diaryl/α,β-unsaturated/α-hetero) is 2. The highest BCUT2D eigenvalue weighted by Crippen LogP contribution is 2.33. The molecule has 0 radical (unpaired) electrons. The smallest absolute Gasteiger partial charge is 0.268 e. The molecule has 0 fully saturated rings. The fourth-order valence-corrected chi connectivity index (χ4v) is 4.88. The number of benzene rings is 3. The molecule has 0 bridgehead atoms. The van der Waals surface area contributed by atoms with Gasteiger partial charge in [0.25, 0.3) is 5.91 Å². The Kier molecular flexibility index (Phi) is 9.07. The van der Waals surface area contributed by atoms with E-state index in [1.165, 1.54) is 0 Å². The summed E-state index contributed by atoms with van der Waals surface area (Å²) >= 11 is 2.18. The fraction of sp³-hybridized carbons (Fsp3) is 0.0769. The number of amides is 1. The first kappa shape index (κ1) is 24.1. The van der Waals surface area contributed by atoms with Gasteiger partial charge in [-0.2, -0.15) is 5.26 Å². The number of carbonyl (C=O) groups excluding carboxylic acids is 3. The average Bonchev–Trinajstić information content (AvgIpc) is 2.87. The van der Waals surface area contributed by atoms with Gasteiger partial charge in [-0.15, -0.1) is 23.5 Å². The number of rotatable bonds is 10. The number of hydrogen-bond acceptors (Lipinski definition) is 6. The van der Waals surface area contributed by atoms with Gasteiger partial charge in [-0.1, -0.05) is 78.9 Å². The molecule has 0 aliphatic rings. The lowest BCUT2D eigenvalue weighted by molar-refractivity contribution is -0.112. The van der Waals surface area contributed by atoms with E-state index < -0.39 is 5.91 Å². The predicted octanol–water partition coefficient (Wildman–Crippen LogP) is 5.59. The molecule has 0 aliphatic carbocycles. The molecule has 0 spiro atoms. The summed E-state index contributed by atoms with van der Waals surface area (Å²) in [6, 6.07) is 28.3. The number of carbonyl (C=O) groups is 3.